The van der Waals surface area contributed by atoms with Crippen LogP contribution in [0, 0.1) is 12.7 Å². The van der Waals surface area contributed by atoms with Crippen LogP contribution < -0.4 is 5.73 Å². The van der Waals surface area contributed by atoms with Crippen molar-refractivity contribution in [3.05, 3.63) is 35.2 Å². The van der Waals surface area contributed by atoms with Gasteiger partial charge in [-0.05, 0) is 24.6 Å². The number of hydrogen-bond donors (Lipinski definition) is 2. The van der Waals surface area contributed by atoms with Gasteiger partial charge in [-0.3, -0.25) is 0 Å². The summed E-state index contributed by atoms with van der Waals surface area (Å²) < 4.78 is 12.9. The summed E-state index contributed by atoms with van der Waals surface area (Å²) in [5.74, 6) is -0.252. The lowest BCUT2D eigenvalue weighted by molar-refractivity contribution is 0.467. The van der Waals surface area contributed by atoms with Crippen molar-refractivity contribution >= 4 is 6.08 Å². The number of halogens is 1. The van der Waals surface area contributed by atoms with Gasteiger partial charge >= 0.3 is 0 Å². The zero-order chi connectivity index (χ0) is 9.84. The van der Waals surface area contributed by atoms with Crippen molar-refractivity contribution < 1.29 is 9.50 Å². The van der Waals surface area contributed by atoms with Crippen molar-refractivity contribution in [2.75, 3.05) is 6.54 Å². The summed E-state index contributed by atoms with van der Waals surface area (Å²) >= 11 is 0. The van der Waals surface area contributed by atoms with Crippen molar-refractivity contribution in [1.29, 1.82) is 0 Å². The Morgan fingerprint density at radius 2 is 2.23 bits per heavy atom. The predicted octanol–water partition coefficient (Wildman–Crippen LogP) is 1.81. The molecule has 0 heterocycles. The maximum absolute atomic E-state index is 12.9. The van der Waals surface area contributed by atoms with Crippen molar-refractivity contribution in [2.45, 2.75) is 6.92 Å². The number of rotatable bonds is 2. The molecule has 0 amide bonds. The van der Waals surface area contributed by atoms with Crippen LogP contribution in [0.2, 0.25) is 0 Å². The van der Waals surface area contributed by atoms with E-state index in [1.807, 2.05) is 0 Å². The summed E-state index contributed by atoms with van der Waals surface area (Å²) in [6.07, 6.45) is 3.26. The second-order valence-electron chi connectivity index (χ2n) is 2.80. The summed E-state index contributed by atoms with van der Waals surface area (Å²) in [6.45, 7) is 2.02. The average molecular weight is 181 g/mol. The molecular weight excluding hydrogens is 169 g/mol. The number of aryl methyl sites for hydroxylation is 1. The zero-order valence-corrected chi connectivity index (χ0v) is 7.42. The first-order valence-electron chi connectivity index (χ1n) is 4.01. The lowest BCUT2D eigenvalue weighted by atomic mass is 10.1. The number of hydrogen-bond acceptors (Lipinski definition) is 2. The molecule has 0 aromatic heterocycles. The van der Waals surface area contributed by atoms with E-state index in [-0.39, 0.29) is 11.6 Å². The molecule has 3 N–H and O–H groups in total. The summed E-state index contributed by atoms with van der Waals surface area (Å²) in [6, 6.07) is 2.56. The third kappa shape index (κ3) is 2.29. The van der Waals surface area contributed by atoms with Gasteiger partial charge in [0.1, 0.15) is 11.6 Å². The van der Waals surface area contributed by atoms with E-state index < -0.39 is 0 Å². The van der Waals surface area contributed by atoms with Crippen molar-refractivity contribution in [3.8, 4) is 5.75 Å². The molecule has 0 aliphatic rings. The highest BCUT2D eigenvalue weighted by Gasteiger charge is 2.03. The van der Waals surface area contributed by atoms with E-state index in [1.54, 1.807) is 19.1 Å². The molecule has 0 aliphatic heterocycles. The highest BCUT2D eigenvalue weighted by Crippen LogP contribution is 2.24. The highest BCUT2D eigenvalue weighted by atomic mass is 19.1. The van der Waals surface area contributed by atoms with E-state index in [2.05, 4.69) is 0 Å². The van der Waals surface area contributed by atoms with Gasteiger partial charge in [-0.2, -0.15) is 0 Å². The fourth-order valence-electron chi connectivity index (χ4n) is 1.08. The van der Waals surface area contributed by atoms with Crippen LogP contribution >= 0.6 is 0 Å². The Bertz CT molecular complexity index is 334. The highest BCUT2D eigenvalue weighted by molar-refractivity contribution is 5.59. The molecular formula is C10H12FNO. The molecule has 2 nitrogen and oxygen atoms in total. The maximum atomic E-state index is 12.9. The average Bonchev–Trinajstić information content (AvgIpc) is 2.09. The topological polar surface area (TPSA) is 46.2 Å². The molecule has 70 valence electrons. The fourth-order valence-corrected chi connectivity index (χ4v) is 1.08. The Morgan fingerprint density at radius 3 is 2.85 bits per heavy atom. The van der Waals surface area contributed by atoms with Crippen LogP contribution in [0.1, 0.15) is 11.1 Å². The van der Waals surface area contributed by atoms with E-state index in [4.69, 9.17) is 5.73 Å². The molecule has 3 heteroatoms. The van der Waals surface area contributed by atoms with Crippen LogP contribution in [-0.4, -0.2) is 11.7 Å². The van der Waals surface area contributed by atoms with Gasteiger partial charge in [0.05, 0.1) is 0 Å². The Hall–Kier alpha value is -1.35. The SMILES string of the molecule is Cc1cc(F)cc(/C=C/CN)c1O. The standard InChI is InChI=1S/C10H12FNO/c1-7-5-9(11)6-8(10(7)13)3-2-4-12/h2-3,5-6,13H,4,12H2,1H3/b3-2+. The van der Waals surface area contributed by atoms with Gasteiger partial charge in [0.2, 0.25) is 0 Å². The largest absolute Gasteiger partial charge is 0.507 e. The molecule has 0 bridgehead atoms. The Balaban J connectivity index is 3.12. The molecule has 0 unspecified atom stereocenters. The van der Waals surface area contributed by atoms with Crippen LogP contribution in [0.3, 0.4) is 0 Å². The van der Waals surface area contributed by atoms with E-state index in [9.17, 15) is 9.50 Å². The molecule has 1 aromatic carbocycles. The summed E-state index contributed by atoms with van der Waals surface area (Å²) in [5, 5.41) is 9.49. The first kappa shape index (κ1) is 9.74. The molecule has 1 rings (SSSR count). The van der Waals surface area contributed by atoms with Gasteiger partial charge in [-0.25, -0.2) is 4.39 Å². The lowest BCUT2D eigenvalue weighted by Gasteiger charge is -2.02. The number of aromatic hydroxyl groups is 1. The fraction of sp³-hybridized carbons (Fsp3) is 0.200. The molecule has 0 aliphatic carbocycles. The number of nitrogens with two attached hydrogens (primary N) is 1. The lowest BCUT2D eigenvalue weighted by Crippen LogP contribution is -1.92. The minimum absolute atomic E-state index is 0.103. The molecule has 0 radical (unpaired) electrons. The van der Waals surface area contributed by atoms with E-state index in [0.717, 1.165) is 0 Å². The van der Waals surface area contributed by atoms with Gasteiger partial charge in [-0.15, -0.1) is 0 Å². The van der Waals surface area contributed by atoms with Gasteiger partial charge in [-0.1, -0.05) is 12.2 Å². The molecule has 0 saturated carbocycles. The van der Waals surface area contributed by atoms with Gasteiger partial charge < -0.3 is 10.8 Å². The predicted molar refractivity (Wildman–Crippen MR) is 50.9 cm³/mol. The number of phenolic OH excluding ortho intramolecular Hbond substituents is 1. The van der Waals surface area contributed by atoms with E-state index in [0.29, 0.717) is 17.7 Å². The van der Waals surface area contributed by atoms with Crippen molar-refractivity contribution in [1.82, 2.24) is 0 Å². The molecule has 0 spiro atoms. The minimum atomic E-state index is -0.355. The zero-order valence-electron chi connectivity index (χ0n) is 7.42. The molecule has 0 atom stereocenters. The third-order valence-corrected chi connectivity index (χ3v) is 1.73. The minimum Gasteiger partial charge on any atom is -0.507 e. The van der Waals surface area contributed by atoms with Crippen molar-refractivity contribution in [3.63, 3.8) is 0 Å². The van der Waals surface area contributed by atoms with Crippen LogP contribution in [0.15, 0.2) is 18.2 Å². The molecule has 0 fully saturated rings. The third-order valence-electron chi connectivity index (χ3n) is 1.73. The van der Waals surface area contributed by atoms with Crippen LogP contribution in [-0.2, 0) is 0 Å². The maximum Gasteiger partial charge on any atom is 0.125 e. The molecule has 1 aromatic rings. The Labute approximate surface area is 76.5 Å². The van der Waals surface area contributed by atoms with Crippen LogP contribution in [0.4, 0.5) is 4.39 Å². The Morgan fingerprint density at radius 1 is 1.54 bits per heavy atom. The first-order valence-corrected chi connectivity index (χ1v) is 4.01. The molecule has 13 heavy (non-hydrogen) atoms. The van der Waals surface area contributed by atoms with Crippen LogP contribution in [0.25, 0.3) is 6.08 Å². The second kappa shape index (κ2) is 4.05. The van der Waals surface area contributed by atoms with Gasteiger partial charge in [0.15, 0.2) is 0 Å². The Kier molecular flexibility index (Phi) is 3.03. The van der Waals surface area contributed by atoms with Gasteiger partial charge in [0.25, 0.3) is 0 Å². The molecule has 0 saturated heterocycles. The monoisotopic (exact) mass is 181 g/mol. The second-order valence-corrected chi connectivity index (χ2v) is 2.80. The summed E-state index contributed by atoms with van der Waals surface area (Å²) in [7, 11) is 0. The van der Waals surface area contributed by atoms with Crippen molar-refractivity contribution in [2.24, 2.45) is 5.73 Å². The van der Waals surface area contributed by atoms with E-state index in [1.165, 1.54) is 12.1 Å². The number of phenols is 1. The summed E-state index contributed by atoms with van der Waals surface area (Å²) in [5.41, 5.74) is 6.23. The van der Waals surface area contributed by atoms with Crippen LogP contribution in [0.5, 0.6) is 5.75 Å². The van der Waals surface area contributed by atoms with E-state index >= 15 is 0 Å². The smallest absolute Gasteiger partial charge is 0.125 e. The quantitative estimate of drug-likeness (QED) is 0.730. The normalized spacial score (nSPS) is 11.0. The number of benzene rings is 1. The van der Waals surface area contributed by atoms with Gasteiger partial charge in [0, 0.05) is 12.1 Å². The first-order chi connectivity index (χ1) is 6.15. The summed E-state index contributed by atoms with van der Waals surface area (Å²) in [4.78, 5) is 0.